The molecule has 0 unspecified atom stereocenters. The Bertz CT molecular complexity index is 473. The molecule has 0 amide bonds. The molecule has 1 aromatic heterocycles. The van der Waals surface area contributed by atoms with Gasteiger partial charge in [-0.3, -0.25) is 0 Å². The van der Waals surface area contributed by atoms with Gasteiger partial charge in [-0.25, -0.2) is 0 Å². The Morgan fingerprint density at radius 1 is 1.25 bits per heavy atom. The van der Waals surface area contributed by atoms with Crippen LogP contribution >= 0.6 is 12.4 Å². The van der Waals surface area contributed by atoms with Crippen molar-refractivity contribution >= 4 is 23.3 Å². The van der Waals surface area contributed by atoms with Crippen molar-refractivity contribution in [2.24, 2.45) is 11.7 Å². The Labute approximate surface area is 102 Å². The molecule has 2 aromatic rings. The van der Waals surface area contributed by atoms with Crippen molar-refractivity contribution < 1.29 is 0 Å². The van der Waals surface area contributed by atoms with Gasteiger partial charge in [0, 0.05) is 23.1 Å². The molecule has 0 spiro atoms. The number of nitrogens with two attached hydrogens (primary N) is 1. The van der Waals surface area contributed by atoms with Crippen molar-refractivity contribution in [3.8, 4) is 0 Å². The number of hydrogen-bond acceptors (Lipinski definition) is 1. The average molecular weight is 237 g/mol. The van der Waals surface area contributed by atoms with E-state index in [-0.39, 0.29) is 18.4 Å². The van der Waals surface area contributed by atoms with Crippen LogP contribution in [0.1, 0.15) is 30.9 Å². The molecule has 2 nitrogen and oxygen atoms in total. The van der Waals surface area contributed by atoms with Gasteiger partial charge >= 0.3 is 0 Å². The molecule has 3 heteroatoms. The Hall–Kier alpha value is -0.990. The molecule has 16 heavy (non-hydrogen) atoms. The predicted octanol–water partition coefficient (Wildman–Crippen LogP) is 3.39. The van der Waals surface area contributed by atoms with E-state index in [9.17, 15) is 0 Å². The zero-order chi connectivity index (χ0) is 10.3. The molecule has 1 atom stereocenters. The number of H-pyrrole nitrogens is 1. The van der Waals surface area contributed by atoms with Crippen LogP contribution in [0.3, 0.4) is 0 Å². The average Bonchev–Trinajstić information content (AvgIpc) is 2.61. The van der Waals surface area contributed by atoms with Gasteiger partial charge in [0.25, 0.3) is 0 Å². The lowest BCUT2D eigenvalue weighted by Gasteiger charge is -2.31. The van der Waals surface area contributed by atoms with Crippen molar-refractivity contribution in [3.63, 3.8) is 0 Å². The number of benzene rings is 1. The molecule has 3 rings (SSSR count). The standard InChI is InChI=1S/C13H16N2.ClH/c14-13(9-3-1-4-9)11-5-2-6-12-10(11)7-8-15-12;/h2,5-9,13,15H,1,3-4,14H2;1H/t13-;/m0./s1. The molecule has 1 saturated carbocycles. The van der Waals surface area contributed by atoms with Crippen LogP contribution in [0.25, 0.3) is 10.9 Å². The fourth-order valence-corrected chi connectivity index (χ4v) is 2.45. The van der Waals surface area contributed by atoms with Gasteiger partial charge in [0.15, 0.2) is 0 Å². The summed E-state index contributed by atoms with van der Waals surface area (Å²) in [5, 5.41) is 1.29. The normalized spacial score (nSPS) is 17.8. The number of rotatable bonds is 2. The van der Waals surface area contributed by atoms with Gasteiger partial charge in [0.1, 0.15) is 0 Å². The molecule has 1 aromatic carbocycles. The van der Waals surface area contributed by atoms with E-state index in [0.717, 1.165) is 0 Å². The minimum absolute atomic E-state index is 0. The van der Waals surface area contributed by atoms with E-state index >= 15 is 0 Å². The quantitative estimate of drug-likeness (QED) is 0.825. The smallest absolute Gasteiger partial charge is 0.0457 e. The molecular weight excluding hydrogens is 220 g/mol. The monoisotopic (exact) mass is 236 g/mol. The number of halogens is 1. The van der Waals surface area contributed by atoms with Crippen molar-refractivity contribution in [3.05, 3.63) is 36.0 Å². The molecule has 0 saturated heterocycles. The number of aromatic nitrogens is 1. The third kappa shape index (κ3) is 1.72. The second kappa shape index (κ2) is 4.48. The Morgan fingerprint density at radius 2 is 2.06 bits per heavy atom. The first-order chi connectivity index (χ1) is 7.36. The van der Waals surface area contributed by atoms with Crippen LogP contribution in [0.5, 0.6) is 0 Å². The summed E-state index contributed by atoms with van der Waals surface area (Å²) in [6, 6.07) is 8.71. The van der Waals surface area contributed by atoms with Crippen LogP contribution in [0.15, 0.2) is 30.5 Å². The van der Waals surface area contributed by atoms with E-state index in [4.69, 9.17) is 5.73 Å². The highest BCUT2D eigenvalue weighted by Gasteiger charge is 2.26. The molecule has 1 aliphatic rings. The van der Waals surface area contributed by atoms with Gasteiger partial charge in [-0.15, -0.1) is 12.4 Å². The lowest BCUT2D eigenvalue weighted by molar-refractivity contribution is 0.265. The number of hydrogen-bond donors (Lipinski definition) is 2. The van der Waals surface area contributed by atoms with Crippen LogP contribution in [-0.2, 0) is 0 Å². The molecule has 0 radical (unpaired) electrons. The lowest BCUT2D eigenvalue weighted by Crippen LogP contribution is -2.26. The third-order valence-corrected chi connectivity index (χ3v) is 3.65. The minimum atomic E-state index is 0. The fourth-order valence-electron chi connectivity index (χ4n) is 2.45. The van der Waals surface area contributed by atoms with Crippen molar-refractivity contribution in [1.29, 1.82) is 0 Å². The zero-order valence-electron chi connectivity index (χ0n) is 9.15. The maximum Gasteiger partial charge on any atom is 0.0457 e. The second-order valence-corrected chi connectivity index (χ2v) is 4.50. The third-order valence-electron chi connectivity index (χ3n) is 3.65. The number of fused-ring (bicyclic) bond motifs is 1. The first-order valence-electron chi connectivity index (χ1n) is 5.68. The highest BCUT2D eigenvalue weighted by molar-refractivity contribution is 5.85. The van der Waals surface area contributed by atoms with Crippen LogP contribution in [-0.4, -0.2) is 4.98 Å². The van der Waals surface area contributed by atoms with Gasteiger partial charge in [-0.2, -0.15) is 0 Å². The molecule has 1 fully saturated rings. The Morgan fingerprint density at radius 3 is 2.75 bits per heavy atom. The van der Waals surface area contributed by atoms with E-state index in [1.54, 1.807) is 0 Å². The molecule has 86 valence electrons. The summed E-state index contributed by atoms with van der Waals surface area (Å²) in [5.41, 5.74) is 8.81. The highest BCUT2D eigenvalue weighted by atomic mass is 35.5. The summed E-state index contributed by atoms with van der Waals surface area (Å²) in [6.45, 7) is 0. The maximum atomic E-state index is 6.31. The van der Waals surface area contributed by atoms with Gasteiger partial charge in [-0.1, -0.05) is 18.6 Å². The van der Waals surface area contributed by atoms with Gasteiger partial charge in [0.2, 0.25) is 0 Å². The fraction of sp³-hybridized carbons (Fsp3) is 0.385. The van der Waals surface area contributed by atoms with Gasteiger partial charge in [-0.05, 0) is 36.5 Å². The van der Waals surface area contributed by atoms with Crippen LogP contribution in [0.4, 0.5) is 0 Å². The Balaban J connectivity index is 0.000000963. The molecular formula is C13H17ClN2. The molecule has 0 aliphatic heterocycles. The first-order valence-corrected chi connectivity index (χ1v) is 5.68. The van der Waals surface area contributed by atoms with Crippen molar-refractivity contribution in [2.45, 2.75) is 25.3 Å². The summed E-state index contributed by atoms with van der Waals surface area (Å²) in [4.78, 5) is 3.23. The largest absolute Gasteiger partial charge is 0.361 e. The van der Waals surface area contributed by atoms with Crippen LogP contribution in [0, 0.1) is 5.92 Å². The van der Waals surface area contributed by atoms with E-state index in [0.29, 0.717) is 5.92 Å². The topological polar surface area (TPSA) is 41.8 Å². The van der Waals surface area contributed by atoms with E-state index in [2.05, 4.69) is 29.2 Å². The number of nitrogens with one attached hydrogen (secondary N) is 1. The van der Waals surface area contributed by atoms with Crippen molar-refractivity contribution in [2.75, 3.05) is 0 Å². The molecule has 3 N–H and O–H groups in total. The molecule has 1 aliphatic carbocycles. The van der Waals surface area contributed by atoms with Crippen molar-refractivity contribution in [1.82, 2.24) is 4.98 Å². The predicted molar refractivity (Wildman–Crippen MR) is 69.8 cm³/mol. The van der Waals surface area contributed by atoms with Gasteiger partial charge in [0.05, 0.1) is 0 Å². The zero-order valence-corrected chi connectivity index (χ0v) is 9.96. The minimum Gasteiger partial charge on any atom is -0.361 e. The molecule has 0 bridgehead atoms. The van der Waals surface area contributed by atoms with Gasteiger partial charge < -0.3 is 10.7 Å². The summed E-state index contributed by atoms with van der Waals surface area (Å²) >= 11 is 0. The first kappa shape index (κ1) is 11.5. The van der Waals surface area contributed by atoms with E-state index in [1.165, 1.54) is 35.7 Å². The molecule has 1 heterocycles. The lowest BCUT2D eigenvalue weighted by atomic mass is 9.77. The SMILES string of the molecule is Cl.N[C@H](c1cccc2[nH]ccc12)C1CCC1. The second-order valence-electron chi connectivity index (χ2n) is 4.50. The maximum absolute atomic E-state index is 6.31. The Kier molecular flexibility index (Phi) is 3.22. The summed E-state index contributed by atoms with van der Waals surface area (Å²) < 4.78 is 0. The van der Waals surface area contributed by atoms with Crippen LogP contribution < -0.4 is 5.73 Å². The van der Waals surface area contributed by atoms with E-state index < -0.39 is 0 Å². The van der Waals surface area contributed by atoms with E-state index in [1.807, 2.05) is 6.20 Å². The summed E-state index contributed by atoms with van der Waals surface area (Å²) in [6.07, 6.45) is 5.92. The summed E-state index contributed by atoms with van der Waals surface area (Å²) in [5.74, 6) is 0.700. The van der Waals surface area contributed by atoms with Crippen LogP contribution in [0.2, 0.25) is 0 Å². The summed E-state index contributed by atoms with van der Waals surface area (Å²) in [7, 11) is 0. The highest BCUT2D eigenvalue weighted by Crippen LogP contribution is 2.38. The number of aromatic amines is 1.